The highest BCUT2D eigenvalue weighted by Gasteiger charge is 2.41. The predicted molar refractivity (Wildman–Crippen MR) is 72.0 cm³/mol. The highest BCUT2D eigenvalue weighted by atomic mass is 32.2. The highest BCUT2D eigenvalue weighted by Crippen LogP contribution is 2.16. The summed E-state index contributed by atoms with van der Waals surface area (Å²) in [7, 11) is 0. The summed E-state index contributed by atoms with van der Waals surface area (Å²) >= 11 is 1.37. The fraction of sp³-hybridized carbons (Fsp3) is 0.636. The van der Waals surface area contributed by atoms with Gasteiger partial charge < -0.3 is 25.7 Å². The van der Waals surface area contributed by atoms with Gasteiger partial charge in [0.05, 0.1) is 12.8 Å². The molecular formula is C11H17NO8S. The molecule has 0 aliphatic carbocycles. The third-order valence-electron chi connectivity index (χ3n) is 2.54. The Morgan fingerprint density at radius 1 is 1.14 bits per heavy atom. The summed E-state index contributed by atoms with van der Waals surface area (Å²) in [4.78, 5) is 43.9. The fourth-order valence-electron chi connectivity index (χ4n) is 1.47. The minimum absolute atomic E-state index is 0.118. The number of thioether (sulfide) groups is 1. The monoisotopic (exact) mass is 323 g/mol. The number of hydrogen-bond donors (Lipinski definition) is 5. The molecular weight excluding hydrogens is 306 g/mol. The quantitative estimate of drug-likeness (QED) is 0.339. The summed E-state index contributed by atoms with van der Waals surface area (Å²) < 4.78 is 0. The lowest BCUT2D eigenvalue weighted by molar-refractivity contribution is -0.167. The largest absolute Gasteiger partial charge is 0.481 e. The molecule has 0 aromatic rings. The molecule has 9 nitrogen and oxygen atoms in total. The average Bonchev–Trinajstić information content (AvgIpc) is 2.32. The van der Waals surface area contributed by atoms with Crippen molar-refractivity contribution in [2.45, 2.75) is 30.9 Å². The zero-order valence-corrected chi connectivity index (χ0v) is 12.1. The van der Waals surface area contributed by atoms with Gasteiger partial charge in [-0.1, -0.05) is 0 Å². The molecule has 0 fully saturated rings. The third-order valence-corrected chi connectivity index (χ3v) is 3.18. The number of carboxylic acids is 3. The lowest BCUT2D eigenvalue weighted by atomic mass is 9.95. The van der Waals surface area contributed by atoms with Crippen molar-refractivity contribution in [1.82, 2.24) is 5.32 Å². The first-order valence-corrected chi connectivity index (χ1v) is 7.20. The zero-order valence-electron chi connectivity index (χ0n) is 11.2. The van der Waals surface area contributed by atoms with Crippen molar-refractivity contribution in [2.24, 2.45) is 0 Å². The Morgan fingerprint density at radius 3 is 2.10 bits per heavy atom. The number of rotatable bonds is 10. The third kappa shape index (κ3) is 6.95. The number of nitrogens with one attached hydrogen (secondary N) is 1. The molecule has 5 N–H and O–H groups in total. The lowest BCUT2D eigenvalue weighted by Gasteiger charge is -2.22. The number of aliphatic carboxylic acids is 3. The maximum absolute atomic E-state index is 11.6. The van der Waals surface area contributed by atoms with Gasteiger partial charge in [0, 0.05) is 0 Å². The molecule has 0 bridgehead atoms. The fourth-order valence-corrected chi connectivity index (χ4v) is 1.94. The van der Waals surface area contributed by atoms with E-state index in [0.29, 0.717) is 5.75 Å². The number of aliphatic hydroxyl groups is 1. The summed E-state index contributed by atoms with van der Waals surface area (Å²) in [5.41, 5.74) is -2.78. The Hall–Kier alpha value is -1.81. The minimum atomic E-state index is -2.78. The summed E-state index contributed by atoms with van der Waals surface area (Å²) in [6.45, 7) is 0. The molecule has 0 saturated heterocycles. The second-order valence-corrected chi connectivity index (χ2v) is 5.31. The summed E-state index contributed by atoms with van der Waals surface area (Å²) in [5, 5.41) is 38.0. The van der Waals surface area contributed by atoms with E-state index in [-0.39, 0.29) is 6.42 Å². The first-order valence-electron chi connectivity index (χ1n) is 5.81. The van der Waals surface area contributed by atoms with Gasteiger partial charge in [0.25, 0.3) is 0 Å². The van der Waals surface area contributed by atoms with E-state index in [9.17, 15) is 24.3 Å². The van der Waals surface area contributed by atoms with Gasteiger partial charge in [0.2, 0.25) is 5.91 Å². The van der Waals surface area contributed by atoms with E-state index >= 15 is 0 Å². The van der Waals surface area contributed by atoms with Gasteiger partial charge in [0.1, 0.15) is 6.04 Å². The van der Waals surface area contributed by atoms with Crippen LogP contribution < -0.4 is 5.32 Å². The number of carbonyl (C=O) groups excluding carboxylic acids is 1. The van der Waals surface area contributed by atoms with Gasteiger partial charge in [-0.25, -0.2) is 9.59 Å². The number of carboxylic acid groups (broad SMARTS) is 3. The molecule has 0 aromatic heterocycles. The van der Waals surface area contributed by atoms with Crippen molar-refractivity contribution < 1.29 is 39.6 Å². The van der Waals surface area contributed by atoms with E-state index in [1.165, 1.54) is 11.8 Å². The van der Waals surface area contributed by atoms with Gasteiger partial charge >= 0.3 is 17.9 Å². The topological polar surface area (TPSA) is 161 Å². The number of hydrogen-bond acceptors (Lipinski definition) is 6. The van der Waals surface area contributed by atoms with Crippen molar-refractivity contribution in [3.8, 4) is 0 Å². The molecule has 2 atom stereocenters. The molecule has 0 rings (SSSR count). The Labute approximate surface area is 124 Å². The maximum Gasteiger partial charge on any atom is 0.336 e. The van der Waals surface area contributed by atoms with Crippen LogP contribution in [-0.4, -0.2) is 67.9 Å². The summed E-state index contributed by atoms with van der Waals surface area (Å²) in [6, 6.07) is -1.23. The Kier molecular flexibility index (Phi) is 7.74. The lowest BCUT2D eigenvalue weighted by Crippen LogP contribution is -2.48. The van der Waals surface area contributed by atoms with Crippen LogP contribution in [0.2, 0.25) is 0 Å². The molecule has 0 spiro atoms. The standard InChI is InChI=1S/C11H17NO8S/c1-21-3-2-6(9(16)17)12-7(13)4-11(20,10(18)19)5-8(14)15/h6,20H,2-5H2,1H3,(H,12,13)(H,14,15)(H,16,17)(H,18,19)/t6-,11-/m0/s1. The zero-order chi connectivity index (χ0) is 16.6. The molecule has 0 unspecified atom stereocenters. The van der Waals surface area contributed by atoms with Crippen LogP contribution in [0.1, 0.15) is 19.3 Å². The van der Waals surface area contributed by atoms with Crippen LogP contribution in [-0.2, 0) is 19.2 Å². The molecule has 0 saturated carbocycles. The van der Waals surface area contributed by atoms with E-state index in [0.717, 1.165) is 0 Å². The summed E-state index contributed by atoms with van der Waals surface area (Å²) in [5.74, 6) is -5.35. The molecule has 0 radical (unpaired) electrons. The van der Waals surface area contributed by atoms with E-state index in [1.807, 2.05) is 0 Å². The van der Waals surface area contributed by atoms with E-state index in [2.05, 4.69) is 5.32 Å². The van der Waals surface area contributed by atoms with Gasteiger partial charge in [-0.2, -0.15) is 11.8 Å². The first-order chi connectivity index (χ1) is 9.62. The van der Waals surface area contributed by atoms with Crippen molar-refractivity contribution >= 4 is 35.6 Å². The van der Waals surface area contributed by atoms with Crippen LogP contribution in [0.15, 0.2) is 0 Å². The maximum atomic E-state index is 11.6. The van der Waals surface area contributed by atoms with Gasteiger partial charge in [0.15, 0.2) is 5.60 Å². The SMILES string of the molecule is CSCC[C@H](NC(=O)C[C@](O)(CC(=O)O)C(=O)O)C(=O)O. The Balaban J connectivity index is 4.79. The predicted octanol–water partition coefficient (Wildman–Crippen LogP) is -1.01. The van der Waals surface area contributed by atoms with E-state index in [1.54, 1.807) is 6.26 Å². The van der Waals surface area contributed by atoms with Crippen LogP contribution in [0.4, 0.5) is 0 Å². The van der Waals surface area contributed by atoms with Gasteiger partial charge in [-0.15, -0.1) is 0 Å². The first kappa shape index (κ1) is 19.2. The normalized spacial score (nSPS) is 14.8. The van der Waals surface area contributed by atoms with E-state index in [4.69, 9.17) is 15.3 Å². The van der Waals surface area contributed by atoms with Crippen molar-refractivity contribution in [3.63, 3.8) is 0 Å². The van der Waals surface area contributed by atoms with Crippen molar-refractivity contribution in [2.75, 3.05) is 12.0 Å². The molecule has 0 aromatic carbocycles. The molecule has 0 aliphatic heterocycles. The minimum Gasteiger partial charge on any atom is -0.481 e. The van der Waals surface area contributed by atoms with Crippen LogP contribution in [0.25, 0.3) is 0 Å². The summed E-state index contributed by atoms with van der Waals surface area (Å²) in [6.07, 6.45) is -0.348. The Bertz CT molecular complexity index is 426. The number of amides is 1. The van der Waals surface area contributed by atoms with E-state index < -0.39 is 48.3 Å². The van der Waals surface area contributed by atoms with Crippen molar-refractivity contribution in [3.05, 3.63) is 0 Å². The molecule has 21 heavy (non-hydrogen) atoms. The van der Waals surface area contributed by atoms with Crippen molar-refractivity contribution in [1.29, 1.82) is 0 Å². The smallest absolute Gasteiger partial charge is 0.336 e. The Morgan fingerprint density at radius 2 is 1.71 bits per heavy atom. The van der Waals surface area contributed by atoms with Crippen LogP contribution in [0.3, 0.4) is 0 Å². The molecule has 0 aliphatic rings. The van der Waals surface area contributed by atoms with Gasteiger partial charge in [-0.3, -0.25) is 9.59 Å². The van der Waals surface area contributed by atoms with Crippen LogP contribution in [0, 0.1) is 0 Å². The molecule has 0 heterocycles. The molecule has 1 amide bonds. The van der Waals surface area contributed by atoms with Gasteiger partial charge in [-0.05, 0) is 18.4 Å². The second kappa shape index (κ2) is 8.47. The molecule has 10 heteroatoms. The van der Waals surface area contributed by atoms with Crippen LogP contribution in [0.5, 0.6) is 0 Å². The molecule has 120 valence electrons. The second-order valence-electron chi connectivity index (χ2n) is 4.32. The highest BCUT2D eigenvalue weighted by molar-refractivity contribution is 7.98. The number of carbonyl (C=O) groups is 4. The average molecular weight is 323 g/mol. The van der Waals surface area contributed by atoms with Crippen LogP contribution >= 0.6 is 11.8 Å².